The Morgan fingerprint density at radius 1 is 1.45 bits per heavy atom. The second kappa shape index (κ2) is 6.50. The van der Waals surface area contributed by atoms with Crippen LogP contribution in [0, 0.1) is 0 Å². The van der Waals surface area contributed by atoms with E-state index in [1.165, 1.54) is 7.11 Å². The molecular weight excluding hydrogens is 274 g/mol. The maximum absolute atomic E-state index is 11.8. The van der Waals surface area contributed by atoms with Crippen LogP contribution in [0.3, 0.4) is 0 Å². The second-order valence-corrected chi connectivity index (χ2v) is 6.54. The Kier molecular flexibility index (Phi) is 4.94. The molecule has 2 rings (SSSR count). The highest BCUT2D eigenvalue weighted by Gasteiger charge is 2.40. The first-order valence-corrected chi connectivity index (χ1v) is 7.63. The number of nitrogens with two attached hydrogens (primary N) is 1. The topological polar surface area (TPSA) is 61.5 Å². The third-order valence-corrected chi connectivity index (χ3v) is 4.94. The fourth-order valence-electron chi connectivity index (χ4n) is 2.61. The Hall–Kier alpha value is -1.20. The van der Waals surface area contributed by atoms with Crippen molar-refractivity contribution in [2.75, 3.05) is 14.2 Å². The monoisotopic (exact) mass is 295 g/mol. The van der Waals surface area contributed by atoms with Gasteiger partial charge in [-0.15, -0.1) is 11.8 Å². The molecule has 0 spiro atoms. The van der Waals surface area contributed by atoms with Gasteiger partial charge in [-0.05, 0) is 43.9 Å². The van der Waals surface area contributed by atoms with Gasteiger partial charge in [0.2, 0.25) is 0 Å². The van der Waals surface area contributed by atoms with Gasteiger partial charge >= 0.3 is 5.97 Å². The van der Waals surface area contributed by atoms with Gasteiger partial charge < -0.3 is 15.2 Å². The lowest BCUT2D eigenvalue weighted by molar-refractivity contribution is -0.148. The van der Waals surface area contributed by atoms with Crippen LogP contribution in [-0.2, 0) is 9.53 Å². The molecule has 1 fully saturated rings. The Balaban J connectivity index is 2.04. The molecule has 1 aromatic carbocycles. The van der Waals surface area contributed by atoms with E-state index < -0.39 is 5.54 Å². The first kappa shape index (κ1) is 15.2. The molecule has 0 aliphatic heterocycles. The molecular formula is C15H21NO3S. The van der Waals surface area contributed by atoms with E-state index in [0.29, 0.717) is 18.1 Å². The van der Waals surface area contributed by atoms with Crippen LogP contribution < -0.4 is 10.5 Å². The van der Waals surface area contributed by atoms with Crippen molar-refractivity contribution in [2.45, 2.75) is 41.4 Å². The largest absolute Gasteiger partial charge is 0.497 e. The minimum Gasteiger partial charge on any atom is -0.497 e. The molecule has 0 amide bonds. The van der Waals surface area contributed by atoms with Crippen LogP contribution in [0.5, 0.6) is 5.75 Å². The number of hydrogen-bond acceptors (Lipinski definition) is 5. The number of methoxy groups -OCH3 is 2. The zero-order valence-corrected chi connectivity index (χ0v) is 12.7. The van der Waals surface area contributed by atoms with Crippen molar-refractivity contribution in [3.63, 3.8) is 0 Å². The SMILES string of the molecule is COC(=O)C1(N)CCCC(Sc2cccc(OC)c2)C1. The quantitative estimate of drug-likeness (QED) is 0.865. The molecule has 2 unspecified atom stereocenters. The number of carbonyl (C=O) groups excluding carboxylic acids is 1. The number of carbonyl (C=O) groups is 1. The van der Waals surface area contributed by atoms with Crippen LogP contribution >= 0.6 is 11.8 Å². The molecule has 0 aromatic heterocycles. The summed E-state index contributed by atoms with van der Waals surface area (Å²) in [7, 11) is 3.06. The standard InChI is InChI=1S/C15H21NO3S/c1-18-11-5-3-6-12(9-11)20-13-7-4-8-15(16,10-13)14(17)19-2/h3,5-6,9,13H,4,7-8,10,16H2,1-2H3. The normalized spacial score (nSPS) is 26.1. The van der Waals surface area contributed by atoms with E-state index in [4.69, 9.17) is 15.2 Å². The molecule has 20 heavy (non-hydrogen) atoms. The summed E-state index contributed by atoms with van der Waals surface area (Å²) in [6.07, 6.45) is 3.38. The minimum atomic E-state index is -0.830. The average Bonchev–Trinajstić information content (AvgIpc) is 2.46. The molecule has 1 aromatic rings. The Labute approximate surface area is 124 Å². The summed E-state index contributed by atoms with van der Waals surface area (Å²) in [4.78, 5) is 13.0. The molecule has 1 aliphatic carbocycles. The maximum Gasteiger partial charge on any atom is 0.325 e. The van der Waals surface area contributed by atoms with E-state index in [1.807, 2.05) is 18.2 Å². The van der Waals surface area contributed by atoms with Gasteiger partial charge in [0.05, 0.1) is 14.2 Å². The number of benzene rings is 1. The smallest absolute Gasteiger partial charge is 0.325 e. The highest BCUT2D eigenvalue weighted by Crippen LogP contribution is 2.38. The fraction of sp³-hybridized carbons (Fsp3) is 0.533. The first-order chi connectivity index (χ1) is 9.57. The highest BCUT2D eigenvalue weighted by molar-refractivity contribution is 8.00. The van der Waals surface area contributed by atoms with Gasteiger partial charge in [0.15, 0.2) is 0 Å². The lowest BCUT2D eigenvalue weighted by atomic mass is 9.82. The molecule has 5 heteroatoms. The first-order valence-electron chi connectivity index (χ1n) is 6.75. The summed E-state index contributed by atoms with van der Waals surface area (Å²) in [5, 5.41) is 0.333. The van der Waals surface area contributed by atoms with Crippen molar-refractivity contribution in [3.05, 3.63) is 24.3 Å². The zero-order chi connectivity index (χ0) is 14.6. The number of ether oxygens (including phenoxy) is 2. The van der Waals surface area contributed by atoms with E-state index in [-0.39, 0.29) is 5.97 Å². The molecule has 0 heterocycles. The van der Waals surface area contributed by atoms with Gasteiger partial charge in [-0.1, -0.05) is 6.07 Å². The van der Waals surface area contributed by atoms with Crippen molar-refractivity contribution in [1.82, 2.24) is 0 Å². The van der Waals surface area contributed by atoms with E-state index in [2.05, 4.69) is 6.07 Å². The zero-order valence-electron chi connectivity index (χ0n) is 11.9. The number of esters is 1. The third kappa shape index (κ3) is 3.46. The van der Waals surface area contributed by atoms with E-state index in [9.17, 15) is 4.79 Å². The highest BCUT2D eigenvalue weighted by atomic mass is 32.2. The van der Waals surface area contributed by atoms with E-state index >= 15 is 0 Å². The van der Waals surface area contributed by atoms with Crippen LogP contribution in [0.2, 0.25) is 0 Å². The molecule has 4 nitrogen and oxygen atoms in total. The summed E-state index contributed by atoms with van der Waals surface area (Å²) in [5.74, 6) is 0.547. The van der Waals surface area contributed by atoms with Gasteiger partial charge in [0.1, 0.15) is 11.3 Å². The molecule has 110 valence electrons. The number of thioether (sulfide) groups is 1. The van der Waals surface area contributed by atoms with Gasteiger partial charge in [0, 0.05) is 10.1 Å². The van der Waals surface area contributed by atoms with Crippen LogP contribution in [0.1, 0.15) is 25.7 Å². The van der Waals surface area contributed by atoms with Crippen molar-refractivity contribution < 1.29 is 14.3 Å². The van der Waals surface area contributed by atoms with Crippen LogP contribution in [0.25, 0.3) is 0 Å². The van der Waals surface area contributed by atoms with Crippen molar-refractivity contribution in [1.29, 1.82) is 0 Å². The average molecular weight is 295 g/mol. The lowest BCUT2D eigenvalue weighted by Crippen LogP contribution is -2.52. The molecule has 0 bridgehead atoms. The van der Waals surface area contributed by atoms with Crippen LogP contribution in [0.15, 0.2) is 29.2 Å². The van der Waals surface area contributed by atoms with E-state index in [0.717, 1.165) is 23.5 Å². The second-order valence-electron chi connectivity index (χ2n) is 5.16. The lowest BCUT2D eigenvalue weighted by Gasteiger charge is -2.35. The number of rotatable bonds is 4. The van der Waals surface area contributed by atoms with Crippen molar-refractivity contribution in [2.24, 2.45) is 5.73 Å². The van der Waals surface area contributed by atoms with Gasteiger partial charge in [0.25, 0.3) is 0 Å². The van der Waals surface area contributed by atoms with Crippen LogP contribution in [-0.4, -0.2) is 31.0 Å². The summed E-state index contributed by atoms with van der Waals surface area (Å²) >= 11 is 1.76. The Morgan fingerprint density at radius 2 is 2.25 bits per heavy atom. The molecule has 0 radical (unpaired) electrons. The summed E-state index contributed by atoms with van der Waals surface area (Å²) in [6.45, 7) is 0. The predicted octanol–water partition coefficient (Wildman–Crippen LogP) is 2.60. The summed E-state index contributed by atoms with van der Waals surface area (Å²) < 4.78 is 10.1. The van der Waals surface area contributed by atoms with Gasteiger partial charge in [-0.25, -0.2) is 0 Å². The van der Waals surface area contributed by atoms with Crippen molar-refractivity contribution >= 4 is 17.7 Å². The Bertz CT molecular complexity index is 480. The predicted molar refractivity (Wildman–Crippen MR) is 80.0 cm³/mol. The Morgan fingerprint density at radius 3 is 2.95 bits per heavy atom. The summed E-state index contributed by atoms with van der Waals surface area (Å²) in [5.41, 5.74) is 5.37. The van der Waals surface area contributed by atoms with Gasteiger partial charge in [-0.3, -0.25) is 4.79 Å². The molecule has 1 saturated carbocycles. The fourth-order valence-corrected chi connectivity index (χ4v) is 4.00. The maximum atomic E-state index is 11.8. The molecule has 2 N–H and O–H groups in total. The van der Waals surface area contributed by atoms with Crippen molar-refractivity contribution in [3.8, 4) is 5.75 Å². The van der Waals surface area contributed by atoms with Crippen LogP contribution in [0.4, 0.5) is 0 Å². The number of hydrogen-bond donors (Lipinski definition) is 1. The molecule has 0 saturated heterocycles. The molecule has 2 atom stereocenters. The molecule has 1 aliphatic rings. The summed E-state index contributed by atoms with van der Waals surface area (Å²) in [6, 6.07) is 7.96. The minimum absolute atomic E-state index is 0.298. The van der Waals surface area contributed by atoms with Gasteiger partial charge in [-0.2, -0.15) is 0 Å². The third-order valence-electron chi connectivity index (χ3n) is 3.68. The van der Waals surface area contributed by atoms with E-state index in [1.54, 1.807) is 18.9 Å².